The molecule has 0 rings (SSSR count). The maximum Gasteiger partial charge on any atom is 0.306 e. The number of hydrogen-bond acceptors (Lipinski definition) is 6. The van der Waals surface area contributed by atoms with Crippen molar-refractivity contribution in [2.45, 2.75) is 316 Å². The van der Waals surface area contributed by atoms with E-state index in [-0.39, 0.29) is 31.1 Å². The molecule has 0 aromatic rings. The van der Waals surface area contributed by atoms with Crippen LogP contribution in [0, 0.1) is 0 Å². The summed E-state index contributed by atoms with van der Waals surface area (Å²) in [5.74, 6) is -0.866. The summed E-state index contributed by atoms with van der Waals surface area (Å²) in [6, 6.07) is 0. The number of ether oxygens (including phenoxy) is 3. The van der Waals surface area contributed by atoms with E-state index in [0.717, 1.165) is 57.8 Å². The van der Waals surface area contributed by atoms with Crippen molar-refractivity contribution >= 4 is 17.9 Å². The Morgan fingerprint density at radius 3 is 0.667 bits per heavy atom. The van der Waals surface area contributed by atoms with Gasteiger partial charge in [-0.3, -0.25) is 14.4 Å². The Morgan fingerprint density at radius 1 is 0.267 bits per heavy atom. The fourth-order valence-electron chi connectivity index (χ4n) is 8.27. The zero-order valence-electron chi connectivity index (χ0n) is 40.8. The van der Waals surface area contributed by atoms with Gasteiger partial charge in [0.15, 0.2) is 6.10 Å². The number of carbonyl (C=O) groups is 3. The van der Waals surface area contributed by atoms with Gasteiger partial charge in [-0.05, 0) is 19.3 Å². The van der Waals surface area contributed by atoms with E-state index in [1.807, 2.05) is 0 Å². The number of carbonyl (C=O) groups excluding carboxylic acids is 3. The van der Waals surface area contributed by atoms with Crippen LogP contribution in [0.5, 0.6) is 0 Å². The molecule has 60 heavy (non-hydrogen) atoms. The lowest BCUT2D eigenvalue weighted by atomic mass is 10.0. The first kappa shape index (κ1) is 58.4. The van der Waals surface area contributed by atoms with Gasteiger partial charge in [0.05, 0.1) is 0 Å². The summed E-state index contributed by atoms with van der Waals surface area (Å²) in [4.78, 5) is 37.5. The summed E-state index contributed by atoms with van der Waals surface area (Å²) in [5.41, 5.74) is 0. The molecule has 0 aliphatic heterocycles. The molecule has 0 saturated carbocycles. The van der Waals surface area contributed by atoms with Gasteiger partial charge in [-0.1, -0.05) is 271 Å². The van der Waals surface area contributed by atoms with Crippen molar-refractivity contribution in [1.29, 1.82) is 0 Å². The largest absolute Gasteiger partial charge is 0.462 e. The van der Waals surface area contributed by atoms with E-state index in [9.17, 15) is 14.4 Å². The highest BCUT2D eigenvalue weighted by atomic mass is 16.6. The van der Waals surface area contributed by atoms with E-state index in [1.54, 1.807) is 0 Å². The van der Waals surface area contributed by atoms with Crippen LogP contribution in [0.3, 0.4) is 0 Å². The van der Waals surface area contributed by atoms with Crippen LogP contribution in [-0.2, 0) is 28.6 Å². The van der Waals surface area contributed by atoms with Gasteiger partial charge in [-0.15, -0.1) is 0 Å². The van der Waals surface area contributed by atoms with Crippen molar-refractivity contribution in [2.24, 2.45) is 0 Å². The fourth-order valence-corrected chi connectivity index (χ4v) is 8.27. The minimum Gasteiger partial charge on any atom is -0.462 e. The molecular weight excluding hydrogens is 745 g/mol. The molecule has 0 aliphatic carbocycles. The van der Waals surface area contributed by atoms with Crippen LogP contribution in [0.15, 0.2) is 0 Å². The Bertz CT molecular complexity index is 889. The van der Waals surface area contributed by atoms with Gasteiger partial charge in [0.1, 0.15) is 13.2 Å². The van der Waals surface area contributed by atoms with Crippen LogP contribution in [0.1, 0.15) is 310 Å². The summed E-state index contributed by atoms with van der Waals surface area (Å²) in [5, 5.41) is 0. The third-order valence-electron chi connectivity index (χ3n) is 12.4. The highest BCUT2D eigenvalue weighted by Crippen LogP contribution is 2.17. The summed E-state index contributed by atoms with van der Waals surface area (Å²) in [7, 11) is 0. The normalized spacial score (nSPS) is 11.8. The highest BCUT2D eigenvalue weighted by Gasteiger charge is 2.19. The first-order chi connectivity index (χ1) is 29.5. The Hall–Kier alpha value is -1.59. The Balaban J connectivity index is 3.80. The van der Waals surface area contributed by atoms with Gasteiger partial charge in [0, 0.05) is 19.3 Å². The number of hydrogen-bond donors (Lipinski definition) is 0. The van der Waals surface area contributed by atoms with Gasteiger partial charge in [0.2, 0.25) is 0 Å². The molecule has 0 saturated heterocycles. The number of unbranched alkanes of at least 4 members (excludes halogenated alkanes) is 39. The average Bonchev–Trinajstić information content (AvgIpc) is 3.24. The van der Waals surface area contributed by atoms with Crippen LogP contribution in [0.2, 0.25) is 0 Å². The maximum absolute atomic E-state index is 12.6. The lowest BCUT2D eigenvalue weighted by Crippen LogP contribution is -2.30. The molecule has 1 unspecified atom stereocenters. The fraction of sp³-hybridized carbons (Fsp3) is 0.944. The molecule has 0 bridgehead atoms. The van der Waals surface area contributed by atoms with E-state index >= 15 is 0 Å². The van der Waals surface area contributed by atoms with Gasteiger partial charge < -0.3 is 14.2 Å². The molecular formula is C54H104O6. The Labute approximate surface area is 374 Å². The Kier molecular flexibility index (Phi) is 48.7. The van der Waals surface area contributed by atoms with Crippen molar-refractivity contribution in [3.05, 3.63) is 0 Å². The Morgan fingerprint density at radius 2 is 0.450 bits per heavy atom. The van der Waals surface area contributed by atoms with Gasteiger partial charge in [-0.25, -0.2) is 0 Å². The van der Waals surface area contributed by atoms with E-state index in [4.69, 9.17) is 14.2 Å². The molecule has 0 amide bonds. The van der Waals surface area contributed by atoms with Crippen LogP contribution in [0.25, 0.3) is 0 Å². The molecule has 0 aromatic carbocycles. The lowest BCUT2D eigenvalue weighted by Gasteiger charge is -2.18. The second kappa shape index (κ2) is 50.1. The first-order valence-corrected chi connectivity index (χ1v) is 27.0. The maximum atomic E-state index is 12.6. The molecule has 1 atom stereocenters. The minimum atomic E-state index is -0.756. The van der Waals surface area contributed by atoms with Crippen LogP contribution in [0.4, 0.5) is 0 Å². The summed E-state index contributed by atoms with van der Waals surface area (Å²) in [6.45, 7) is 6.57. The zero-order chi connectivity index (χ0) is 43.7. The van der Waals surface area contributed by atoms with Crippen LogP contribution < -0.4 is 0 Å². The van der Waals surface area contributed by atoms with Gasteiger partial charge in [0.25, 0.3) is 0 Å². The molecule has 0 heterocycles. The van der Waals surface area contributed by atoms with Crippen molar-refractivity contribution in [2.75, 3.05) is 13.2 Å². The summed E-state index contributed by atoms with van der Waals surface area (Å²) >= 11 is 0. The molecule has 0 spiro atoms. The van der Waals surface area contributed by atoms with Crippen LogP contribution in [-0.4, -0.2) is 37.2 Å². The van der Waals surface area contributed by atoms with E-state index < -0.39 is 6.10 Å². The topological polar surface area (TPSA) is 78.9 Å². The van der Waals surface area contributed by atoms with Crippen molar-refractivity contribution in [3.8, 4) is 0 Å². The molecule has 0 aromatic heterocycles. The quantitative estimate of drug-likeness (QED) is 0.0345. The third-order valence-corrected chi connectivity index (χ3v) is 12.4. The minimum absolute atomic E-state index is 0.0640. The molecule has 356 valence electrons. The van der Waals surface area contributed by atoms with E-state index in [1.165, 1.54) is 212 Å². The summed E-state index contributed by atoms with van der Waals surface area (Å²) in [6.07, 6.45) is 54.6. The van der Waals surface area contributed by atoms with E-state index in [0.29, 0.717) is 19.3 Å². The van der Waals surface area contributed by atoms with Crippen molar-refractivity contribution in [1.82, 2.24) is 0 Å². The molecule has 0 N–H and O–H groups in total. The first-order valence-electron chi connectivity index (χ1n) is 27.0. The number of esters is 3. The second-order valence-electron chi connectivity index (χ2n) is 18.5. The van der Waals surface area contributed by atoms with E-state index in [2.05, 4.69) is 20.8 Å². The van der Waals surface area contributed by atoms with Crippen LogP contribution >= 0.6 is 0 Å². The average molecular weight is 849 g/mol. The van der Waals surface area contributed by atoms with Gasteiger partial charge >= 0.3 is 17.9 Å². The standard InChI is InChI=1S/C54H104O6/c1-4-7-10-13-16-17-18-19-20-21-22-23-24-25-26-27-28-29-30-31-32-33-34-35-36-37-39-41-44-47-53(56)59-50-51(49-58-52(55)46-43-40-15-12-9-6-3)60-54(57)48-45-42-38-14-11-8-5-2/h51H,4-50H2,1-3H3. The molecule has 6 heteroatoms. The van der Waals surface area contributed by atoms with Crippen molar-refractivity contribution < 1.29 is 28.6 Å². The van der Waals surface area contributed by atoms with Crippen molar-refractivity contribution in [3.63, 3.8) is 0 Å². The highest BCUT2D eigenvalue weighted by molar-refractivity contribution is 5.71. The second-order valence-corrected chi connectivity index (χ2v) is 18.5. The smallest absolute Gasteiger partial charge is 0.306 e. The summed E-state index contributed by atoms with van der Waals surface area (Å²) < 4.78 is 16.6. The monoisotopic (exact) mass is 849 g/mol. The van der Waals surface area contributed by atoms with Gasteiger partial charge in [-0.2, -0.15) is 0 Å². The SMILES string of the molecule is CCCCCCCCCCCCCCCCCCCCCCCCCCCCCCCC(=O)OCC(COC(=O)CCCCCCCC)OC(=O)CCCCCCCCC. The number of rotatable bonds is 50. The molecule has 0 aliphatic rings. The molecule has 0 fully saturated rings. The predicted octanol–water partition coefficient (Wildman–Crippen LogP) is 17.6. The lowest BCUT2D eigenvalue weighted by molar-refractivity contribution is -0.167. The zero-order valence-corrected chi connectivity index (χ0v) is 40.8. The third kappa shape index (κ3) is 47.5. The molecule has 6 nitrogen and oxygen atoms in total. The molecule has 0 radical (unpaired) electrons. The predicted molar refractivity (Wildman–Crippen MR) is 257 cm³/mol.